The van der Waals surface area contributed by atoms with Crippen molar-refractivity contribution in [2.75, 3.05) is 0 Å². The lowest BCUT2D eigenvalue weighted by Crippen LogP contribution is -2.00. The Morgan fingerprint density at radius 3 is 2.67 bits per heavy atom. The Morgan fingerprint density at radius 1 is 1.47 bits per heavy atom. The second kappa shape index (κ2) is 5.61. The van der Waals surface area contributed by atoms with Gasteiger partial charge in [-0.1, -0.05) is 18.2 Å². The monoisotopic (exact) mass is 201 g/mol. The molecule has 0 saturated carbocycles. The largest absolute Gasteiger partial charge is 0.458 e. The summed E-state index contributed by atoms with van der Waals surface area (Å²) < 4.78 is 4.93. The fraction of sp³-hybridized carbons (Fsp3) is 0.167. The van der Waals surface area contributed by atoms with Gasteiger partial charge in [0.05, 0.1) is 11.6 Å². The van der Waals surface area contributed by atoms with E-state index in [-0.39, 0.29) is 12.6 Å². The van der Waals surface area contributed by atoms with E-state index in [0.717, 1.165) is 5.56 Å². The normalized spacial score (nSPS) is 9.87. The first-order valence-electron chi connectivity index (χ1n) is 4.54. The average molecular weight is 201 g/mol. The van der Waals surface area contributed by atoms with Gasteiger partial charge >= 0.3 is 5.97 Å². The summed E-state index contributed by atoms with van der Waals surface area (Å²) in [5.41, 5.74) is 1.46. The molecule has 1 aromatic rings. The van der Waals surface area contributed by atoms with Gasteiger partial charge in [0.25, 0.3) is 0 Å². The number of nitriles is 1. The number of hydrogen-bond donors (Lipinski definition) is 0. The second-order valence-electron chi connectivity index (χ2n) is 2.92. The highest BCUT2D eigenvalue weighted by molar-refractivity contribution is 5.81. The molecule has 0 heterocycles. The van der Waals surface area contributed by atoms with Gasteiger partial charge in [0.15, 0.2) is 0 Å². The van der Waals surface area contributed by atoms with Crippen LogP contribution in [0.3, 0.4) is 0 Å². The van der Waals surface area contributed by atoms with Crippen LogP contribution in [0, 0.1) is 11.3 Å². The average Bonchev–Trinajstić information content (AvgIpc) is 2.27. The van der Waals surface area contributed by atoms with Gasteiger partial charge in [-0.25, -0.2) is 4.79 Å². The number of esters is 1. The van der Waals surface area contributed by atoms with Gasteiger partial charge < -0.3 is 4.74 Å². The summed E-state index contributed by atoms with van der Waals surface area (Å²) in [6.07, 6.45) is 2.99. The van der Waals surface area contributed by atoms with Crippen molar-refractivity contribution in [2.45, 2.75) is 13.5 Å². The molecule has 15 heavy (non-hydrogen) atoms. The summed E-state index contributed by atoms with van der Waals surface area (Å²) in [5.74, 6) is -0.359. The molecular formula is C12H11NO2. The van der Waals surface area contributed by atoms with E-state index in [4.69, 9.17) is 10.00 Å². The van der Waals surface area contributed by atoms with E-state index in [2.05, 4.69) is 0 Å². The Labute approximate surface area is 88.6 Å². The Hall–Kier alpha value is -2.08. The molecule has 1 rings (SSSR count). The molecule has 3 heteroatoms. The third-order valence-electron chi connectivity index (χ3n) is 1.77. The van der Waals surface area contributed by atoms with Crippen molar-refractivity contribution in [1.29, 1.82) is 5.26 Å². The Morgan fingerprint density at radius 2 is 2.13 bits per heavy atom. The number of ether oxygens (including phenoxy) is 1. The van der Waals surface area contributed by atoms with Crippen LogP contribution in [0.15, 0.2) is 36.4 Å². The van der Waals surface area contributed by atoms with Gasteiger partial charge in [0, 0.05) is 6.08 Å². The molecule has 0 bridgehead atoms. The van der Waals surface area contributed by atoms with E-state index < -0.39 is 0 Å². The van der Waals surface area contributed by atoms with Crippen molar-refractivity contribution in [3.05, 3.63) is 47.5 Å². The van der Waals surface area contributed by atoms with Crippen molar-refractivity contribution < 1.29 is 9.53 Å². The first-order chi connectivity index (χ1) is 7.26. The minimum atomic E-state index is -0.359. The molecule has 0 amide bonds. The molecular weight excluding hydrogens is 190 g/mol. The maximum atomic E-state index is 11.0. The second-order valence-corrected chi connectivity index (χ2v) is 2.92. The fourth-order valence-electron chi connectivity index (χ4n) is 1.01. The number of carbonyl (C=O) groups is 1. The van der Waals surface area contributed by atoms with Crippen LogP contribution in [0.2, 0.25) is 0 Å². The first-order valence-corrected chi connectivity index (χ1v) is 4.54. The molecule has 76 valence electrons. The minimum Gasteiger partial charge on any atom is -0.458 e. The molecule has 0 aliphatic heterocycles. The van der Waals surface area contributed by atoms with Crippen LogP contribution in [-0.4, -0.2) is 5.97 Å². The third-order valence-corrected chi connectivity index (χ3v) is 1.77. The van der Waals surface area contributed by atoms with Gasteiger partial charge in [-0.3, -0.25) is 0 Å². The lowest BCUT2D eigenvalue weighted by molar-refractivity contribution is -0.139. The van der Waals surface area contributed by atoms with E-state index in [9.17, 15) is 4.79 Å². The summed E-state index contributed by atoms with van der Waals surface area (Å²) in [6, 6.07) is 8.94. The van der Waals surface area contributed by atoms with Crippen molar-refractivity contribution >= 4 is 5.97 Å². The molecule has 0 atom stereocenters. The van der Waals surface area contributed by atoms with Crippen LogP contribution in [0.5, 0.6) is 0 Å². The van der Waals surface area contributed by atoms with Crippen molar-refractivity contribution in [3.8, 4) is 6.07 Å². The SMILES string of the molecule is C/C=C/C(=O)OCc1ccc(C#N)cc1. The van der Waals surface area contributed by atoms with Crippen LogP contribution in [0.25, 0.3) is 0 Å². The molecule has 0 saturated heterocycles. The lowest BCUT2D eigenvalue weighted by atomic mass is 10.2. The molecule has 0 aliphatic rings. The molecule has 0 radical (unpaired) electrons. The summed E-state index contributed by atoms with van der Waals surface area (Å²) in [6.45, 7) is 1.98. The highest BCUT2D eigenvalue weighted by Gasteiger charge is 1.98. The summed E-state index contributed by atoms with van der Waals surface area (Å²) in [4.78, 5) is 11.0. The Kier molecular flexibility index (Phi) is 4.11. The first kappa shape index (κ1) is 11.0. The zero-order valence-corrected chi connectivity index (χ0v) is 8.43. The van der Waals surface area contributed by atoms with E-state index in [1.807, 2.05) is 6.07 Å². The van der Waals surface area contributed by atoms with Crippen LogP contribution in [0.4, 0.5) is 0 Å². The van der Waals surface area contributed by atoms with Gasteiger partial charge in [-0.2, -0.15) is 5.26 Å². The Balaban J connectivity index is 2.52. The molecule has 0 aliphatic carbocycles. The topological polar surface area (TPSA) is 50.1 Å². The highest BCUT2D eigenvalue weighted by Crippen LogP contribution is 2.04. The molecule has 3 nitrogen and oxygen atoms in total. The summed E-state index contributed by atoms with van der Waals surface area (Å²) >= 11 is 0. The fourth-order valence-corrected chi connectivity index (χ4v) is 1.01. The van der Waals surface area contributed by atoms with Gasteiger partial charge in [-0.05, 0) is 24.6 Å². The summed E-state index contributed by atoms with van der Waals surface area (Å²) in [7, 11) is 0. The number of allylic oxidation sites excluding steroid dienone is 1. The van der Waals surface area contributed by atoms with Gasteiger partial charge in [0.1, 0.15) is 6.61 Å². The maximum Gasteiger partial charge on any atom is 0.330 e. The molecule has 0 fully saturated rings. The number of carbonyl (C=O) groups excluding carboxylic acids is 1. The number of benzene rings is 1. The third kappa shape index (κ3) is 3.65. The molecule has 0 spiro atoms. The van der Waals surface area contributed by atoms with Crippen LogP contribution >= 0.6 is 0 Å². The van der Waals surface area contributed by atoms with Crippen molar-refractivity contribution in [1.82, 2.24) is 0 Å². The van der Waals surface area contributed by atoms with Crippen molar-refractivity contribution in [2.24, 2.45) is 0 Å². The van der Waals surface area contributed by atoms with Crippen LogP contribution < -0.4 is 0 Å². The predicted octanol–water partition coefficient (Wildman–Crippen LogP) is 2.18. The van der Waals surface area contributed by atoms with Gasteiger partial charge in [0.2, 0.25) is 0 Å². The highest BCUT2D eigenvalue weighted by atomic mass is 16.5. The molecule has 0 aromatic heterocycles. The van der Waals surface area contributed by atoms with Crippen molar-refractivity contribution in [3.63, 3.8) is 0 Å². The zero-order chi connectivity index (χ0) is 11.1. The number of hydrogen-bond acceptors (Lipinski definition) is 3. The molecule has 0 N–H and O–H groups in total. The standard InChI is InChI=1S/C12H11NO2/c1-2-3-12(14)15-9-11-6-4-10(8-13)5-7-11/h2-7H,9H2,1H3/b3-2+. The number of rotatable bonds is 3. The van der Waals surface area contributed by atoms with E-state index in [0.29, 0.717) is 5.56 Å². The quantitative estimate of drug-likeness (QED) is 0.556. The minimum absolute atomic E-state index is 0.231. The zero-order valence-electron chi connectivity index (χ0n) is 8.43. The lowest BCUT2D eigenvalue weighted by Gasteiger charge is -2.01. The number of nitrogens with zero attached hydrogens (tertiary/aromatic N) is 1. The molecule has 0 unspecified atom stereocenters. The van der Waals surface area contributed by atoms with Crippen LogP contribution in [-0.2, 0) is 16.1 Å². The Bertz CT molecular complexity index is 399. The smallest absolute Gasteiger partial charge is 0.330 e. The van der Waals surface area contributed by atoms with Gasteiger partial charge in [-0.15, -0.1) is 0 Å². The maximum absolute atomic E-state index is 11.0. The van der Waals surface area contributed by atoms with E-state index >= 15 is 0 Å². The molecule has 1 aromatic carbocycles. The summed E-state index contributed by atoms with van der Waals surface area (Å²) in [5, 5.41) is 8.57. The van der Waals surface area contributed by atoms with E-state index in [1.165, 1.54) is 6.08 Å². The van der Waals surface area contributed by atoms with Crippen LogP contribution in [0.1, 0.15) is 18.1 Å². The van der Waals surface area contributed by atoms with E-state index in [1.54, 1.807) is 37.3 Å². The predicted molar refractivity (Wildman–Crippen MR) is 55.8 cm³/mol.